The molecule has 9 heteroatoms. The number of carbonyl (C=O) groups is 2. The molecule has 3 unspecified atom stereocenters. The zero-order valence-corrected chi connectivity index (χ0v) is 23.0. The minimum Gasteiger partial charge on any atom is -0.461 e. The molecule has 2 fully saturated rings. The van der Waals surface area contributed by atoms with Crippen LogP contribution in [0.2, 0.25) is 0 Å². The molecule has 1 N–H and O–H groups in total. The quantitative estimate of drug-likeness (QED) is 0.269. The fourth-order valence-corrected chi connectivity index (χ4v) is 6.46. The van der Waals surface area contributed by atoms with E-state index < -0.39 is 5.97 Å². The molecule has 0 amide bonds. The first kappa shape index (κ1) is 25.7. The molecule has 7 rings (SSSR count). The molecule has 9 nitrogen and oxygen atoms in total. The van der Waals surface area contributed by atoms with Gasteiger partial charge >= 0.3 is 12.0 Å². The van der Waals surface area contributed by atoms with Crippen LogP contribution in [0.3, 0.4) is 0 Å². The standard InChI is InChI=1S/C32H32N4O5/c1-2-39-31(38)30-29-21(18-33-30)27(28-23(34-29)12-8-14-25(28)37)19-9-7-10-20(17-19)41-32-35-22-11-3-4-13-24(22)36(32)26-15-5-6-16-40-26/h3-4,7,9-11,13,17-18,26-28,33H,2,5-6,8,12,14-16H2,1H3. The van der Waals surface area contributed by atoms with E-state index in [-0.39, 0.29) is 30.5 Å². The van der Waals surface area contributed by atoms with Gasteiger partial charge in [0.05, 0.1) is 29.2 Å². The highest BCUT2D eigenvalue weighted by Gasteiger charge is 2.42. The minimum absolute atomic E-state index is 0.144. The molecule has 0 radical (unpaired) electrons. The van der Waals surface area contributed by atoms with Crippen molar-refractivity contribution in [1.82, 2.24) is 14.5 Å². The van der Waals surface area contributed by atoms with Crippen molar-refractivity contribution in [1.29, 1.82) is 0 Å². The van der Waals surface area contributed by atoms with Crippen LogP contribution in [0, 0.1) is 5.92 Å². The van der Waals surface area contributed by atoms with Gasteiger partial charge in [0.15, 0.2) is 5.69 Å². The zero-order chi connectivity index (χ0) is 27.9. The number of nitrogens with zero attached hydrogens (tertiary/aromatic N) is 3. The molecule has 210 valence electrons. The maximum atomic E-state index is 13.3. The molecule has 4 heterocycles. The second-order valence-electron chi connectivity index (χ2n) is 10.8. The Kier molecular flexibility index (Phi) is 6.66. The summed E-state index contributed by atoms with van der Waals surface area (Å²) >= 11 is 0. The topological polar surface area (TPSA) is 108 Å². The first-order chi connectivity index (χ1) is 20.1. The molecule has 0 bridgehead atoms. The Labute approximate surface area is 237 Å². The molecule has 41 heavy (non-hydrogen) atoms. The number of ether oxygens (including phenoxy) is 3. The molecule has 3 atom stereocenters. The van der Waals surface area contributed by atoms with Crippen LogP contribution in [-0.4, -0.2) is 45.2 Å². The number of Topliss-reactive ketones (excluding diaryl/α,β-unsaturated/α-hetero) is 1. The number of hydrogen-bond donors (Lipinski definition) is 1. The van der Waals surface area contributed by atoms with E-state index in [2.05, 4.69) is 4.98 Å². The van der Waals surface area contributed by atoms with Crippen LogP contribution < -0.4 is 4.74 Å². The molecule has 2 aromatic heterocycles. The summed E-state index contributed by atoms with van der Waals surface area (Å²) in [6, 6.07) is 16.3. The lowest BCUT2D eigenvalue weighted by Gasteiger charge is -2.34. The van der Waals surface area contributed by atoms with Gasteiger partial charge in [-0.2, -0.15) is 4.98 Å². The van der Waals surface area contributed by atoms with E-state index in [1.807, 2.05) is 53.1 Å². The Balaban J connectivity index is 1.28. The van der Waals surface area contributed by atoms with E-state index in [9.17, 15) is 9.59 Å². The Morgan fingerprint density at radius 1 is 1.10 bits per heavy atom. The lowest BCUT2D eigenvalue weighted by atomic mass is 9.70. The molecule has 1 aliphatic carbocycles. The van der Waals surface area contributed by atoms with E-state index in [4.69, 9.17) is 24.2 Å². The summed E-state index contributed by atoms with van der Waals surface area (Å²) < 4.78 is 19.9. The first-order valence-electron chi connectivity index (χ1n) is 14.5. The van der Waals surface area contributed by atoms with Crippen LogP contribution in [0.15, 0.2) is 59.7 Å². The number of nitrogens with one attached hydrogen (secondary N) is 1. The monoisotopic (exact) mass is 552 g/mol. The fourth-order valence-electron chi connectivity index (χ4n) is 6.46. The lowest BCUT2D eigenvalue weighted by Crippen LogP contribution is -2.36. The van der Waals surface area contributed by atoms with Gasteiger partial charge < -0.3 is 19.2 Å². The first-order valence-corrected chi connectivity index (χ1v) is 14.5. The van der Waals surface area contributed by atoms with Gasteiger partial charge in [-0.3, -0.25) is 14.4 Å². The van der Waals surface area contributed by atoms with E-state index in [0.717, 1.165) is 60.0 Å². The number of esters is 1. The number of aromatic nitrogens is 3. The van der Waals surface area contributed by atoms with Gasteiger partial charge in [-0.05, 0) is 68.9 Å². The summed E-state index contributed by atoms with van der Waals surface area (Å²) in [5, 5.41) is 0. The molecule has 1 saturated heterocycles. The van der Waals surface area contributed by atoms with E-state index in [0.29, 0.717) is 36.2 Å². The highest BCUT2D eigenvalue weighted by Crippen LogP contribution is 2.48. The van der Waals surface area contributed by atoms with Gasteiger partial charge in [0, 0.05) is 36.4 Å². The van der Waals surface area contributed by atoms with Crippen molar-refractivity contribution >= 4 is 34.2 Å². The third-order valence-corrected chi connectivity index (χ3v) is 8.28. The predicted molar refractivity (Wildman–Crippen MR) is 153 cm³/mol. The van der Waals surface area contributed by atoms with Gasteiger partial charge in [0.2, 0.25) is 0 Å². The summed E-state index contributed by atoms with van der Waals surface area (Å²) in [6.45, 7) is 2.75. The molecule has 2 aliphatic heterocycles. The molecule has 0 spiro atoms. The third kappa shape index (κ3) is 4.54. The summed E-state index contributed by atoms with van der Waals surface area (Å²) in [5.41, 5.74) is 5.26. The second kappa shape index (κ2) is 10.6. The van der Waals surface area contributed by atoms with Crippen LogP contribution in [0.1, 0.15) is 79.2 Å². The molecular formula is C32H32N4O5. The van der Waals surface area contributed by atoms with E-state index >= 15 is 0 Å². The van der Waals surface area contributed by atoms with Gasteiger partial charge in [-0.15, -0.1) is 0 Å². The van der Waals surface area contributed by atoms with Crippen molar-refractivity contribution in [3.8, 4) is 11.8 Å². The maximum absolute atomic E-state index is 13.3. The third-order valence-electron chi connectivity index (χ3n) is 8.28. The van der Waals surface area contributed by atoms with Crippen molar-refractivity contribution in [3.05, 3.63) is 71.5 Å². The summed E-state index contributed by atoms with van der Waals surface area (Å²) in [6.07, 6.45) is 6.68. The molecule has 3 aliphatic rings. The number of fused-ring (bicyclic) bond motifs is 3. The van der Waals surface area contributed by atoms with Crippen LogP contribution in [0.4, 0.5) is 5.69 Å². The number of aromatic amines is 1. The van der Waals surface area contributed by atoms with Gasteiger partial charge in [-0.25, -0.2) is 4.79 Å². The van der Waals surface area contributed by atoms with Crippen molar-refractivity contribution in [2.24, 2.45) is 10.9 Å². The largest absolute Gasteiger partial charge is 0.461 e. The van der Waals surface area contributed by atoms with Gasteiger partial charge in [-0.1, -0.05) is 24.3 Å². The highest BCUT2D eigenvalue weighted by atomic mass is 16.5. The summed E-state index contributed by atoms with van der Waals surface area (Å²) in [5.74, 6) is -0.332. The van der Waals surface area contributed by atoms with Crippen molar-refractivity contribution in [3.63, 3.8) is 0 Å². The number of rotatable bonds is 6. The number of carbonyl (C=O) groups excluding carboxylic acids is 2. The van der Waals surface area contributed by atoms with Crippen molar-refractivity contribution in [2.75, 3.05) is 13.2 Å². The van der Waals surface area contributed by atoms with Crippen LogP contribution >= 0.6 is 0 Å². The summed E-state index contributed by atoms with van der Waals surface area (Å²) in [7, 11) is 0. The van der Waals surface area contributed by atoms with E-state index in [1.54, 1.807) is 13.1 Å². The molecular weight excluding hydrogens is 520 g/mol. The minimum atomic E-state index is -0.446. The summed E-state index contributed by atoms with van der Waals surface area (Å²) in [4.78, 5) is 38.8. The molecule has 1 saturated carbocycles. The SMILES string of the molecule is CCOC(=O)c1[nH]cc2c1N=C1CCCC(=O)C1C2c1cccc(Oc2nc3ccccc3n2C2CCCCO2)c1. The number of benzene rings is 2. The predicted octanol–water partition coefficient (Wildman–Crippen LogP) is 6.62. The smallest absolute Gasteiger partial charge is 0.357 e. The molecule has 4 aromatic rings. The maximum Gasteiger partial charge on any atom is 0.357 e. The zero-order valence-electron chi connectivity index (χ0n) is 23.0. The number of aliphatic imine (C=N–C) groups is 1. The normalized spacial score (nSPS) is 22.1. The Bertz CT molecular complexity index is 1660. The Morgan fingerprint density at radius 3 is 2.85 bits per heavy atom. The highest BCUT2D eigenvalue weighted by molar-refractivity contribution is 6.11. The number of hydrogen-bond acceptors (Lipinski definition) is 7. The lowest BCUT2D eigenvalue weighted by molar-refractivity contribution is -0.121. The van der Waals surface area contributed by atoms with Crippen molar-refractivity contribution in [2.45, 2.75) is 57.6 Å². The van der Waals surface area contributed by atoms with Crippen molar-refractivity contribution < 1.29 is 23.8 Å². The second-order valence-corrected chi connectivity index (χ2v) is 10.8. The number of para-hydroxylation sites is 2. The number of imidazole rings is 1. The van der Waals surface area contributed by atoms with Gasteiger partial charge in [0.1, 0.15) is 17.8 Å². The fraction of sp³-hybridized carbons (Fsp3) is 0.375. The van der Waals surface area contributed by atoms with Gasteiger partial charge in [0.25, 0.3) is 0 Å². The average Bonchev–Trinajstić information content (AvgIpc) is 3.58. The number of ketones is 1. The van der Waals surface area contributed by atoms with Crippen LogP contribution in [0.5, 0.6) is 11.8 Å². The average molecular weight is 553 g/mol. The number of H-pyrrole nitrogens is 1. The molecule has 2 aromatic carbocycles. The van der Waals surface area contributed by atoms with E-state index in [1.165, 1.54) is 0 Å². The Morgan fingerprint density at radius 2 is 2.00 bits per heavy atom. The Hall–Kier alpha value is -4.24. The van der Waals surface area contributed by atoms with Crippen LogP contribution in [0.25, 0.3) is 11.0 Å². The van der Waals surface area contributed by atoms with Crippen LogP contribution in [-0.2, 0) is 14.3 Å².